The second-order valence-corrected chi connectivity index (χ2v) is 11.2. The zero-order valence-electron chi connectivity index (χ0n) is 19.7. The van der Waals surface area contributed by atoms with Gasteiger partial charge in [0, 0.05) is 44.8 Å². The molecule has 0 aliphatic carbocycles. The number of carbonyl (C=O) groups is 1. The summed E-state index contributed by atoms with van der Waals surface area (Å²) >= 11 is 0. The molecule has 2 heterocycles. The summed E-state index contributed by atoms with van der Waals surface area (Å²) < 4.78 is 27.4. The van der Waals surface area contributed by atoms with Crippen molar-refractivity contribution in [2.24, 2.45) is 0 Å². The van der Waals surface area contributed by atoms with E-state index in [-0.39, 0.29) is 11.9 Å². The van der Waals surface area contributed by atoms with Gasteiger partial charge in [0.15, 0.2) is 0 Å². The fourth-order valence-electron chi connectivity index (χ4n) is 4.68. The summed E-state index contributed by atoms with van der Waals surface area (Å²) in [6.07, 6.45) is 9.17. The molecule has 2 aromatic rings. The second-order valence-electron chi connectivity index (χ2n) is 9.27. The molecule has 4 rings (SSSR count). The molecule has 1 amide bonds. The van der Waals surface area contributed by atoms with Crippen molar-refractivity contribution in [3.63, 3.8) is 0 Å². The van der Waals surface area contributed by atoms with E-state index in [2.05, 4.69) is 34.5 Å². The number of rotatable bonds is 7. The molecular weight excluding hydrogens is 446 g/mol. The Morgan fingerprint density at radius 1 is 0.882 bits per heavy atom. The van der Waals surface area contributed by atoms with Gasteiger partial charge in [-0.1, -0.05) is 55.3 Å². The molecule has 0 radical (unpaired) electrons. The lowest BCUT2D eigenvalue weighted by Gasteiger charge is -2.32. The van der Waals surface area contributed by atoms with Crippen LogP contribution in [0.15, 0.2) is 65.6 Å². The van der Waals surface area contributed by atoms with Gasteiger partial charge in [-0.2, -0.15) is 4.31 Å². The Morgan fingerprint density at radius 2 is 1.53 bits per heavy atom. The molecule has 182 valence electrons. The van der Waals surface area contributed by atoms with Crippen LogP contribution in [0, 0.1) is 0 Å². The molecule has 0 spiro atoms. The molecule has 0 atom stereocenters. The van der Waals surface area contributed by atoms with Crippen LogP contribution in [-0.4, -0.2) is 55.8 Å². The first-order valence-corrected chi connectivity index (χ1v) is 13.8. The second kappa shape index (κ2) is 11.8. The van der Waals surface area contributed by atoms with Crippen molar-refractivity contribution in [3.05, 3.63) is 71.8 Å². The van der Waals surface area contributed by atoms with Gasteiger partial charge in [-0.3, -0.25) is 9.69 Å². The number of benzene rings is 2. The van der Waals surface area contributed by atoms with Crippen molar-refractivity contribution in [1.82, 2.24) is 14.5 Å². The Labute approximate surface area is 203 Å². The van der Waals surface area contributed by atoms with Crippen molar-refractivity contribution in [1.29, 1.82) is 0 Å². The van der Waals surface area contributed by atoms with Gasteiger partial charge in [0.05, 0.1) is 4.90 Å². The molecule has 7 heteroatoms. The Hall–Kier alpha value is -2.48. The summed E-state index contributed by atoms with van der Waals surface area (Å²) in [5.41, 5.74) is 2.13. The smallest absolute Gasteiger partial charge is 0.244 e. The van der Waals surface area contributed by atoms with Gasteiger partial charge in [0.1, 0.15) is 0 Å². The van der Waals surface area contributed by atoms with Crippen LogP contribution < -0.4 is 5.32 Å². The van der Waals surface area contributed by atoms with Crippen LogP contribution in [0.3, 0.4) is 0 Å². The summed E-state index contributed by atoms with van der Waals surface area (Å²) in [7, 11) is -3.45. The molecule has 0 aromatic heterocycles. The summed E-state index contributed by atoms with van der Waals surface area (Å²) in [6, 6.07) is 17.4. The maximum absolute atomic E-state index is 12.9. The number of hydrogen-bond acceptors (Lipinski definition) is 4. The molecule has 2 aliphatic heterocycles. The average Bonchev–Trinajstić information content (AvgIpc) is 3.15. The first-order chi connectivity index (χ1) is 16.5. The van der Waals surface area contributed by atoms with Crippen LogP contribution in [0.1, 0.15) is 49.7 Å². The number of amides is 1. The SMILES string of the molecule is O=C(/C=C/c1ccc(S(=O)(=O)N2CCCCCC2)cc1)NC1CCN(Cc2ccccc2)CC1. The van der Waals surface area contributed by atoms with Crippen LogP contribution in [-0.2, 0) is 21.4 Å². The zero-order chi connectivity index (χ0) is 23.8. The van der Waals surface area contributed by atoms with E-state index in [0.29, 0.717) is 18.0 Å². The topological polar surface area (TPSA) is 69.7 Å². The number of nitrogens with one attached hydrogen (secondary N) is 1. The summed E-state index contributed by atoms with van der Waals surface area (Å²) in [4.78, 5) is 15.2. The molecule has 34 heavy (non-hydrogen) atoms. The minimum absolute atomic E-state index is 0.109. The van der Waals surface area contributed by atoms with Crippen LogP contribution in [0.25, 0.3) is 6.08 Å². The third-order valence-corrected chi connectivity index (χ3v) is 8.61. The van der Waals surface area contributed by atoms with Crippen molar-refractivity contribution >= 4 is 22.0 Å². The lowest BCUT2D eigenvalue weighted by atomic mass is 10.0. The van der Waals surface area contributed by atoms with Gasteiger partial charge in [-0.15, -0.1) is 0 Å². The van der Waals surface area contributed by atoms with E-state index in [1.54, 1.807) is 34.6 Å². The van der Waals surface area contributed by atoms with Crippen molar-refractivity contribution in [2.75, 3.05) is 26.2 Å². The Kier molecular flexibility index (Phi) is 8.53. The van der Waals surface area contributed by atoms with E-state index in [1.807, 2.05) is 6.07 Å². The average molecular weight is 482 g/mol. The van der Waals surface area contributed by atoms with E-state index < -0.39 is 10.0 Å². The molecule has 2 aromatic carbocycles. The summed E-state index contributed by atoms with van der Waals surface area (Å²) in [6.45, 7) is 4.07. The third kappa shape index (κ3) is 6.78. The Bertz CT molecular complexity index is 1050. The monoisotopic (exact) mass is 481 g/mol. The highest BCUT2D eigenvalue weighted by molar-refractivity contribution is 7.89. The highest BCUT2D eigenvalue weighted by atomic mass is 32.2. The van der Waals surface area contributed by atoms with Crippen LogP contribution >= 0.6 is 0 Å². The van der Waals surface area contributed by atoms with Gasteiger partial charge in [0.2, 0.25) is 15.9 Å². The number of piperidine rings is 1. The molecule has 2 fully saturated rings. The number of sulfonamides is 1. The van der Waals surface area contributed by atoms with E-state index in [9.17, 15) is 13.2 Å². The van der Waals surface area contributed by atoms with Crippen molar-refractivity contribution < 1.29 is 13.2 Å². The Balaban J connectivity index is 1.25. The van der Waals surface area contributed by atoms with E-state index in [4.69, 9.17) is 0 Å². The number of nitrogens with zero attached hydrogens (tertiary/aromatic N) is 2. The molecule has 0 bridgehead atoms. The maximum atomic E-state index is 12.9. The predicted molar refractivity (Wildman–Crippen MR) is 136 cm³/mol. The van der Waals surface area contributed by atoms with Gasteiger partial charge >= 0.3 is 0 Å². The van der Waals surface area contributed by atoms with Crippen molar-refractivity contribution in [3.8, 4) is 0 Å². The van der Waals surface area contributed by atoms with Gasteiger partial charge in [0.25, 0.3) is 0 Å². The molecule has 0 saturated carbocycles. The highest BCUT2D eigenvalue weighted by Crippen LogP contribution is 2.21. The molecule has 1 N–H and O–H groups in total. The lowest BCUT2D eigenvalue weighted by Crippen LogP contribution is -2.43. The zero-order valence-corrected chi connectivity index (χ0v) is 20.6. The van der Waals surface area contributed by atoms with Crippen molar-refractivity contribution in [2.45, 2.75) is 56.0 Å². The molecule has 0 unspecified atom stereocenters. The third-order valence-electron chi connectivity index (χ3n) is 6.69. The normalized spacial score (nSPS) is 19.2. The quantitative estimate of drug-likeness (QED) is 0.606. The maximum Gasteiger partial charge on any atom is 0.244 e. The molecule has 6 nitrogen and oxygen atoms in total. The molecular formula is C27H35N3O3S. The van der Waals surface area contributed by atoms with E-state index >= 15 is 0 Å². The standard InChI is InChI=1S/C27H35N3O3S/c31-27(28-25-16-20-29(21-17-25)22-24-8-4-3-5-9-24)15-12-23-10-13-26(14-11-23)34(32,33)30-18-6-1-2-7-19-30/h3-5,8-15,25H,1-2,6-7,16-22H2,(H,28,31)/b15-12+. The Morgan fingerprint density at radius 3 is 2.18 bits per heavy atom. The molecule has 2 aliphatic rings. The predicted octanol–water partition coefficient (Wildman–Crippen LogP) is 4.05. The minimum Gasteiger partial charge on any atom is -0.350 e. The highest BCUT2D eigenvalue weighted by Gasteiger charge is 2.25. The summed E-state index contributed by atoms with van der Waals surface area (Å²) in [5, 5.41) is 3.10. The van der Waals surface area contributed by atoms with E-state index in [0.717, 1.165) is 63.7 Å². The minimum atomic E-state index is -3.45. The van der Waals surface area contributed by atoms with Gasteiger partial charge in [-0.05, 0) is 55.0 Å². The van der Waals surface area contributed by atoms with E-state index in [1.165, 1.54) is 11.6 Å². The first kappa shape index (κ1) is 24.6. The van der Waals surface area contributed by atoms with Crippen LogP contribution in [0.4, 0.5) is 0 Å². The largest absolute Gasteiger partial charge is 0.350 e. The fraction of sp³-hybridized carbons (Fsp3) is 0.444. The number of hydrogen-bond donors (Lipinski definition) is 1. The number of likely N-dealkylation sites (tertiary alicyclic amines) is 1. The fourth-order valence-corrected chi connectivity index (χ4v) is 6.20. The van der Waals surface area contributed by atoms with Crippen LogP contribution in [0.5, 0.6) is 0 Å². The van der Waals surface area contributed by atoms with Crippen LogP contribution in [0.2, 0.25) is 0 Å². The number of carbonyl (C=O) groups excluding carboxylic acids is 1. The summed E-state index contributed by atoms with van der Waals surface area (Å²) in [5.74, 6) is -0.109. The lowest BCUT2D eigenvalue weighted by molar-refractivity contribution is -0.117. The first-order valence-electron chi connectivity index (χ1n) is 12.4. The van der Waals surface area contributed by atoms with Gasteiger partial charge < -0.3 is 5.32 Å². The molecule has 2 saturated heterocycles. The van der Waals surface area contributed by atoms with Gasteiger partial charge in [-0.25, -0.2) is 8.42 Å².